The molecule has 130 valence electrons. The molecule has 7 nitrogen and oxygen atoms in total. The van der Waals surface area contributed by atoms with Gasteiger partial charge in [0.2, 0.25) is 10.0 Å². The van der Waals surface area contributed by atoms with Crippen LogP contribution in [-0.4, -0.2) is 56.0 Å². The van der Waals surface area contributed by atoms with E-state index in [1.165, 1.54) is 10.5 Å². The van der Waals surface area contributed by atoms with Crippen LogP contribution in [-0.2, 0) is 21.3 Å². The van der Waals surface area contributed by atoms with Gasteiger partial charge in [0.25, 0.3) is 0 Å². The molecule has 1 fully saturated rings. The molecule has 0 unspecified atom stereocenters. The Morgan fingerprint density at radius 2 is 2.08 bits per heavy atom. The predicted octanol–water partition coefficient (Wildman–Crippen LogP) is 1.50. The molecule has 3 heterocycles. The third kappa shape index (κ3) is 3.75. The van der Waals surface area contributed by atoms with E-state index in [9.17, 15) is 8.42 Å². The highest BCUT2D eigenvalue weighted by molar-refractivity contribution is 7.89. The Hall–Kier alpha value is -1.55. The van der Waals surface area contributed by atoms with Crippen molar-refractivity contribution in [3.8, 4) is 0 Å². The zero-order valence-electron chi connectivity index (χ0n) is 13.7. The van der Waals surface area contributed by atoms with Gasteiger partial charge in [0.1, 0.15) is 15.7 Å². The van der Waals surface area contributed by atoms with E-state index in [2.05, 4.69) is 9.97 Å². The third-order valence-corrected chi connectivity index (χ3v) is 6.59. The van der Waals surface area contributed by atoms with Gasteiger partial charge >= 0.3 is 0 Å². The lowest BCUT2D eigenvalue weighted by Crippen LogP contribution is -2.40. The number of hydrogen-bond donors (Lipinski definition) is 0. The predicted molar refractivity (Wildman–Crippen MR) is 92.8 cm³/mol. The molecule has 0 radical (unpaired) electrons. The number of pyridine rings is 1. The standard InChI is InChI=1S/C15H20N4O3S2/c1-12-11-23-15(17-12)10-18(2)14-4-3-13(9-16-14)24(20,21)19-5-7-22-8-6-19/h3-4,9,11H,5-8,10H2,1-2H3. The first kappa shape index (κ1) is 17.3. The maximum Gasteiger partial charge on any atom is 0.244 e. The summed E-state index contributed by atoms with van der Waals surface area (Å²) < 4.78 is 31.8. The molecule has 0 amide bonds. The van der Waals surface area contributed by atoms with Crippen molar-refractivity contribution in [3.63, 3.8) is 0 Å². The lowest BCUT2D eigenvalue weighted by Gasteiger charge is -2.26. The van der Waals surface area contributed by atoms with Gasteiger partial charge in [0.15, 0.2) is 0 Å². The highest BCUT2D eigenvalue weighted by Crippen LogP contribution is 2.20. The molecular weight excluding hydrogens is 348 g/mol. The first-order valence-corrected chi connectivity index (χ1v) is 9.95. The van der Waals surface area contributed by atoms with E-state index >= 15 is 0 Å². The zero-order chi connectivity index (χ0) is 17.2. The summed E-state index contributed by atoms with van der Waals surface area (Å²) in [5.41, 5.74) is 1.00. The minimum atomic E-state index is -3.50. The molecule has 9 heteroatoms. The number of thiazole rings is 1. The van der Waals surface area contributed by atoms with Crippen LogP contribution in [0.4, 0.5) is 5.82 Å². The largest absolute Gasteiger partial charge is 0.379 e. The Bertz CT molecular complexity index is 783. The van der Waals surface area contributed by atoms with Crippen LogP contribution in [0.25, 0.3) is 0 Å². The van der Waals surface area contributed by atoms with Gasteiger partial charge in [0.05, 0.1) is 19.8 Å². The minimum Gasteiger partial charge on any atom is -0.379 e. The zero-order valence-corrected chi connectivity index (χ0v) is 15.3. The number of sulfonamides is 1. The van der Waals surface area contributed by atoms with E-state index in [0.29, 0.717) is 38.7 Å². The Morgan fingerprint density at radius 1 is 1.33 bits per heavy atom. The SMILES string of the molecule is Cc1csc(CN(C)c2ccc(S(=O)(=O)N3CCOCC3)cn2)n1. The van der Waals surface area contributed by atoms with Gasteiger partial charge in [-0.1, -0.05) is 0 Å². The van der Waals surface area contributed by atoms with Crippen LogP contribution >= 0.6 is 11.3 Å². The summed E-state index contributed by atoms with van der Waals surface area (Å²) in [5, 5.41) is 3.01. The van der Waals surface area contributed by atoms with Crippen LogP contribution in [0.15, 0.2) is 28.6 Å². The lowest BCUT2D eigenvalue weighted by molar-refractivity contribution is 0.0730. The maximum atomic E-state index is 12.6. The van der Waals surface area contributed by atoms with Gasteiger partial charge in [-0.3, -0.25) is 0 Å². The average Bonchev–Trinajstić information content (AvgIpc) is 3.00. The first-order valence-electron chi connectivity index (χ1n) is 7.63. The van der Waals surface area contributed by atoms with Crippen molar-refractivity contribution in [2.75, 3.05) is 38.3 Å². The minimum absolute atomic E-state index is 0.214. The van der Waals surface area contributed by atoms with E-state index in [1.807, 2.05) is 24.3 Å². The molecule has 2 aromatic heterocycles. The summed E-state index contributed by atoms with van der Waals surface area (Å²) in [6.45, 7) is 4.23. The number of hydrogen-bond acceptors (Lipinski definition) is 7. The molecule has 1 aliphatic rings. The molecule has 0 bridgehead atoms. The van der Waals surface area contributed by atoms with Gasteiger partial charge in [-0.2, -0.15) is 4.31 Å². The summed E-state index contributed by atoms with van der Waals surface area (Å²) in [7, 11) is -1.59. The Labute approximate surface area is 146 Å². The molecule has 24 heavy (non-hydrogen) atoms. The van der Waals surface area contributed by atoms with E-state index in [0.717, 1.165) is 10.7 Å². The number of morpholine rings is 1. The Morgan fingerprint density at radius 3 is 2.67 bits per heavy atom. The number of anilines is 1. The molecule has 1 aliphatic heterocycles. The molecule has 3 rings (SSSR count). The fraction of sp³-hybridized carbons (Fsp3) is 0.467. The second kappa shape index (κ2) is 7.14. The molecule has 0 aromatic carbocycles. The fourth-order valence-corrected chi connectivity index (χ4v) is 4.62. The van der Waals surface area contributed by atoms with Crippen molar-refractivity contribution in [2.24, 2.45) is 0 Å². The topological polar surface area (TPSA) is 75.6 Å². The van der Waals surface area contributed by atoms with E-state index in [-0.39, 0.29) is 4.90 Å². The van der Waals surface area contributed by atoms with Crippen molar-refractivity contribution in [1.82, 2.24) is 14.3 Å². The van der Waals surface area contributed by atoms with Gasteiger partial charge in [-0.15, -0.1) is 11.3 Å². The second-order valence-corrected chi connectivity index (χ2v) is 8.49. The van der Waals surface area contributed by atoms with Crippen LogP contribution in [0.3, 0.4) is 0 Å². The molecule has 0 spiro atoms. The van der Waals surface area contributed by atoms with E-state index in [1.54, 1.807) is 23.5 Å². The van der Waals surface area contributed by atoms with Crippen molar-refractivity contribution >= 4 is 27.2 Å². The van der Waals surface area contributed by atoms with Crippen LogP contribution in [0.5, 0.6) is 0 Å². The number of ether oxygens (including phenoxy) is 1. The van der Waals surface area contributed by atoms with Crippen molar-refractivity contribution in [1.29, 1.82) is 0 Å². The highest BCUT2D eigenvalue weighted by atomic mass is 32.2. The molecule has 2 aromatic rings. The molecule has 0 N–H and O–H groups in total. The fourth-order valence-electron chi connectivity index (χ4n) is 2.45. The Kier molecular flexibility index (Phi) is 5.14. The van der Waals surface area contributed by atoms with Crippen molar-refractivity contribution in [2.45, 2.75) is 18.4 Å². The molecule has 0 atom stereocenters. The van der Waals surface area contributed by atoms with Crippen molar-refractivity contribution < 1.29 is 13.2 Å². The molecular formula is C15H20N4O3S2. The number of nitrogens with zero attached hydrogens (tertiary/aromatic N) is 4. The van der Waals surface area contributed by atoms with Gasteiger partial charge in [0, 0.05) is 37.4 Å². The van der Waals surface area contributed by atoms with Crippen LogP contribution in [0.2, 0.25) is 0 Å². The average molecular weight is 368 g/mol. The van der Waals surface area contributed by atoms with E-state index in [4.69, 9.17) is 4.74 Å². The molecule has 1 saturated heterocycles. The summed E-state index contributed by atoms with van der Waals surface area (Å²) >= 11 is 1.60. The number of rotatable bonds is 5. The second-order valence-electron chi connectivity index (χ2n) is 5.61. The lowest BCUT2D eigenvalue weighted by atomic mass is 10.4. The quantitative estimate of drug-likeness (QED) is 0.796. The highest BCUT2D eigenvalue weighted by Gasteiger charge is 2.26. The van der Waals surface area contributed by atoms with Crippen LogP contribution < -0.4 is 4.90 Å². The van der Waals surface area contributed by atoms with Gasteiger partial charge in [-0.25, -0.2) is 18.4 Å². The maximum absolute atomic E-state index is 12.6. The summed E-state index contributed by atoms with van der Waals surface area (Å²) in [5.74, 6) is 0.712. The monoisotopic (exact) mass is 368 g/mol. The normalized spacial score (nSPS) is 16.2. The van der Waals surface area contributed by atoms with Crippen molar-refractivity contribution in [3.05, 3.63) is 34.4 Å². The van der Waals surface area contributed by atoms with Gasteiger partial charge in [-0.05, 0) is 19.1 Å². The Balaban J connectivity index is 1.72. The van der Waals surface area contributed by atoms with Crippen LogP contribution in [0, 0.1) is 6.92 Å². The summed E-state index contributed by atoms with van der Waals surface area (Å²) in [6, 6.07) is 3.34. The molecule has 0 saturated carbocycles. The summed E-state index contributed by atoms with van der Waals surface area (Å²) in [4.78, 5) is 10.9. The molecule has 0 aliphatic carbocycles. The number of aromatic nitrogens is 2. The van der Waals surface area contributed by atoms with Crippen LogP contribution in [0.1, 0.15) is 10.7 Å². The smallest absolute Gasteiger partial charge is 0.244 e. The first-order chi connectivity index (χ1) is 11.5. The van der Waals surface area contributed by atoms with Gasteiger partial charge < -0.3 is 9.64 Å². The third-order valence-electron chi connectivity index (χ3n) is 3.76. The number of aryl methyl sites for hydroxylation is 1. The van der Waals surface area contributed by atoms with E-state index < -0.39 is 10.0 Å². The summed E-state index contributed by atoms with van der Waals surface area (Å²) in [6.07, 6.45) is 1.42.